The number of amides is 1. The molecule has 1 aliphatic rings. The summed E-state index contributed by atoms with van der Waals surface area (Å²) < 4.78 is 5.15. The van der Waals surface area contributed by atoms with Gasteiger partial charge in [-0.1, -0.05) is 31.8 Å². The van der Waals surface area contributed by atoms with Gasteiger partial charge >= 0.3 is 0 Å². The largest absolute Gasteiger partial charge is 0.341 e. The Bertz CT molecular complexity index is 418. The van der Waals surface area contributed by atoms with Gasteiger partial charge < -0.3 is 9.42 Å². The molecule has 0 N–H and O–H groups in total. The molecule has 0 aliphatic carbocycles. The highest BCUT2D eigenvalue weighted by molar-refractivity contribution is 5.79. The fourth-order valence-electron chi connectivity index (χ4n) is 2.64. The van der Waals surface area contributed by atoms with Crippen molar-refractivity contribution in [1.29, 1.82) is 0 Å². The first-order valence-electron chi connectivity index (χ1n) is 7.24. The molecule has 1 fully saturated rings. The molecule has 106 valence electrons. The molecule has 0 radical (unpaired) electrons. The van der Waals surface area contributed by atoms with Crippen LogP contribution >= 0.6 is 0 Å². The van der Waals surface area contributed by atoms with E-state index in [0.717, 1.165) is 38.8 Å². The van der Waals surface area contributed by atoms with E-state index >= 15 is 0 Å². The Labute approximate surface area is 114 Å². The maximum absolute atomic E-state index is 12.3. The van der Waals surface area contributed by atoms with E-state index < -0.39 is 0 Å². The molecule has 0 atom stereocenters. The normalized spacial score (nSPS) is 15.9. The smallest absolute Gasteiger partial charge is 0.233 e. The van der Waals surface area contributed by atoms with Crippen molar-refractivity contribution in [2.45, 2.75) is 52.4 Å². The van der Waals surface area contributed by atoms with Crippen molar-refractivity contribution in [3.05, 3.63) is 11.7 Å². The molecule has 1 saturated heterocycles. The molecule has 1 aliphatic heterocycles. The van der Waals surface area contributed by atoms with Crippen LogP contribution < -0.4 is 0 Å². The van der Waals surface area contributed by atoms with Gasteiger partial charge in [0.05, 0.1) is 5.92 Å². The summed E-state index contributed by atoms with van der Waals surface area (Å²) in [5.74, 6) is 2.06. The van der Waals surface area contributed by atoms with Gasteiger partial charge in [0.25, 0.3) is 0 Å². The van der Waals surface area contributed by atoms with E-state index in [9.17, 15) is 4.79 Å². The molecule has 5 heteroatoms. The van der Waals surface area contributed by atoms with Gasteiger partial charge in [0.2, 0.25) is 11.8 Å². The molecule has 1 aromatic rings. The Balaban J connectivity index is 1.86. The number of aryl methyl sites for hydroxylation is 1. The first-order chi connectivity index (χ1) is 9.15. The molecule has 0 unspecified atom stereocenters. The van der Waals surface area contributed by atoms with Crippen molar-refractivity contribution in [1.82, 2.24) is 15.0 Å². The van der Waals surface area contributed by atoms with Crippen LogP contribution in [0.25, 0.3) is 0 Å². The zero-order chi connectivity index (χ0) is 13.8. The minimum Gasteiger partial charge on any atom is -0.341 e. The predicted octanol–water partition coefficient (Wildman–Crippen LogP) is 2.52. The number of nitrogens with zero attached hydrogens (tertiary/aromatic N) is 3. The van der Waals surface area contributed by atoms with Gasteiger partial charge in [-0.3, -0.25) is 4.79 Å². The predicted molar refractivity (Wildman–Crippen MR) is 71.7 cm³/mol. The standard InChI is InChI=1S/C14H23N3O2/c1-4-6-11(7-5-2)14(18)17-8-12(9-17)13-15-10(3)16-19-13/h11-12H,4-9H2,1-3H3. The topological polar surface area (TPSA) is 59.2 Å². The lowest BCUT2D eigenvalue weighted by molar-refractivity contribution is -0.141. The summed E-state index contributed by atoms with van der Waals surface area (Å²) in [6.07, 6.45) is 4.12. The van der Waals surface area contributed by atoms with E-state index in [-0.39, 0.29) is 11.8 Å². The number of rotatable bonds is 6. The van der Waals surface area contributed by atoms with Crippen LogP contribution in [0.2, 0.25) is 0 Å². The Morgan fingerprint density at radius 1 is 1.37 bits per heavy atom. The number of carbonyl (C=O) groups is 1. The summed E-state index contributed by atoms with van der Waals surface area (Å²) in [5, 5.41) is 3.79. The van der Waals surface area contributed by atoms with Gasteiger partial charge in [-0.2, -0.15) is 4.98 Å². The quantitative estimate of drug-likeness (QED) is 0.793. The third kappa shape index (κ3) is 3.14. The van der Waals surface area contributed by atoms with Crippen LogP contribution in [0.3, 0.4) is 0 Å². The third-order valence-corrected chi connectivity index (χ3v) is 3.71. The Hall–Kier alpha value is -1.39. The summed E-state index contributed by atoms with van der Waals surface area (Å²) >= 11 is 0. The fraction of sp³-hybridized carbons (Fsp3) is 0.786. The highest BCUT2D eigenvalue weighted by Crippen LogP contribution is 2.28. The van der Waals surface area contributed by atoms with E-state index in [0.29, 0.717) is 17.6 Å². The fourth-order valence-corrected chi connectivity index (χ4v) is 2.64. The zero-order valence-electron chi connectivity index (χ0n) is 12.1. The number of likely N-dealkylation sites (tertiary alicyclic amines) is 1. The van der Waals surface area contributed by atoms with Crippen LogP contribution in [0.4, 0.5) is 0 Å². The van der Waals surface area contributed by atoms with Crippen molar-refractivity contribution >= 4 is 5.91 Å². The van der Waals surface area contributed by atoms with Crippen LogP contribution in [0, 0.1) is 12.8 Å². The molecule has 0 aromatic carbocycles. The van der Waals surface area contributed by atoms with Gasteiger partial charge in [-0.15, -0.1) is 0 Å². The second-order valence-electron chi connectivity index (χ2n) is 5.39. The van der Waals surface area contributed by atoms with Crippen LogP contribution in [0.1, 0.15) is 57.2 Å². The maximum atomic E-state index is 12.3. The van der Waals surface area contributed by atoms with Gasteiger partial charge in [-0.25, -0.2) is 0 Å². The third-order valence-electron chi connectivity index (χ3n) is 3.71. The first-order valence-corrected chi connectivity index (χ1v) is 7.24. The van der Waals surface area contributed by atoms with Crippen LogP contribution in [-0.2, 0) is 4.79 Å². The molecule has 1 amide bonds. The van der Waals surface area contributed by atoms with Crippen molar-refractivity contribution in [3.8, 4) is 0 Å². The minimum absolute atomic E-state index is 0.195. The lowest BCUT2D eigenvalue weighted by Crippen LogP contribution is -2.50. The molecule has 0 bridgehead atoms. The highest BCUT2D eigenvalue weighted by atomic mass is 16.5. The van der Waals surface area contributed by atoms with Gasteiger partial charge in [0.1, 0.15) is 0 Å². The Morgan fingerprint density at radius 3 is 2.47 bits per heavy atom. The van der Waals surface area contributed by atoms with Crippen LogP contribution in [-0.4, -0.2) is 34.0 Å². The maximum Gasteiger partial charge on any atom is 0.233 e. The first kappa shape index (κ1) is 14.0. The molecule has 0 spiro atoms. The van der Waals surface area contributed by atoms with Crippen LogP contribution in [0.5, 0.6) is 0 Å². The van der Waals surface area contributed by atoms with Crippen molar-refractivity contribution < 1.29 is 9.32 Å². The number of hydrogen-bond donors (Lipinski definition) is 0. The summed E-state index contributed by atoms with van der Waals surface area (Å²) in [6, 6.07) is 0. The summed E-state index contributed by atoms with van der Waals surface area (Å²) in [4.78, 5) is 18.5. The van der Waals surface area contributed by atoms with Gasteiger partial charge in [0.15, 0.2) is 5.82 Å². The minimum atomic E-state index is 0.195. The second-order valence-corrected chi connectivity index (χ2v) is 5.39. The number of aromatic nitrogens is 2. The molecular weight excluding hydrogens is 242 g/mol. The Morgan fingerprint density at radius 2 is 2.00 bits per heavy atom. The molecule has 1 aromatic heterocycles. The monoisotopic (exact) mass is 265 g/mol. The SMILES string of the molecule is CCCC(CCC)C(=O)N1CC(c2nc(C)no2)C1. The van der Waals surface area contributed by atoms with Crippen molar-refractivity contribution in [2.24, 2.45) is 5.92 Å². The second kappa shape index (κ2) is 6.17. The molecule has 5 nitrogen and oxygen atoms in total. The molecule has 2 rings (SSSR count). The molecule has 0 saturated carbocycles. The van der Waals surface area contributed by atoms with Crippen LogP contribution in [0.15, 0.2) is 4.52 Å². The molecular formula is C14H23N3O2. The molecule has 2 heterocycles. The number of carbonyl (C=O) groups excluding carboxylic acids is 1. The van der Waals surface area contributed by atoms with Gasteiger partial charge in [-0.05, 0) is 19.8 Å². The zero-order valence-corrected chi connectivity index (χ0v) is 12.1. The van der Waals surface area contributed by atoms with E-state index in [1.807, 2.05) is 11.8 Å². The van der Waals surface area contributed by atoms with E-state index in [4.69, 9.17) is 4.52 Å². The van der Waals surface area contributed by atoms with Gasteiger partial charge in [0, 0.05) is 19.0 Å². The van der Waals surface area contributed by atoms with Crippen molar-refractivity contribution in [3.63, 3.8) is 0 Å². The summed E-state index contributed by atoms with van der Waals surface area (Å²) in [7, 11) is 0. The average molecular weight is 265 g/mol. The summed E-state index contributed by atoms with van der Waals surface area (Å²) in [6.45, 7) is 7.54. The van der Waals surface area contributed by atoms with E-state index in [1.54, 1.807) is 0 Å². The highest BCUT2D eigenvalue weighted by Gasteiger charge is 2.37. The van der Waals surface area contributed by atoms with Crippen molar-refractivity contribution in [2.75, 3.05) is 13.1 Å². The summed E-state index contributed by atoms with van der Waals surface area (Å²) in [5.41, 5.74) is 0. The lowest BCUT2D eigenvalue weighted by atomic mass is 9.92. The average Bonchev–Trinajstić information content (AvgIpc) is 2.73. The van der Waals surface area contributed by atoms with E-state index in [2.05, 4.69) is 24.0 Å². The number of hydrogen-bond acceptors (Lipinski definition) is 4. The van der Waals surface area contributed by atoms with E-state index in [1.165, 1.54) is 0 Å². The molecule has 19 heavy (non-hydrogen) atoms. The lowest BCUT2D eigenvalue weighted by Gasteiger charge is -2.39. The Kier molecular flexibility index (Phi) is 4.56.